The molecule has 1 unspecified atom stereocenters. The number of aromatic nitrogens is 3. The summed E-state index contributed by atoms with van der Waals surface area (Å²) >= 11 is 0. The molecule has 1 N–H and O–H groups in total. The van der Waals surface area contributed by atoms with Gasteiger partial charge in [0.05, 0.1) is 11.4 Å². The number of hydrazine groups is 1. The van der Waals surface area contributed by atoms with Gasteiger partial charge in [0.1, 0.15) is 11.9 Å². The SMILES string of the molecule is Cc1c(C#N)nc2ccc(CCC3=NC(N4CCCC4)NN3C)nn12. The van der Waals surface area contributed by atoms with Crippen molar-refractivity contribution in [3.8, 4) is 6.07 Å². The van der Waals surface area contributed by atoms with Gasteiger partial charge in [0, 0.05) is 26.6 Å². The molecule has 4 rings (SSSR count). The van der Waals surface area contributed by atoms with E-state index in [0.29, 0.717) is 11.3 Å². The van der Waals surface area contributed by atoms with Gasteiger partial charge in [-0.25, -0.2) is 14.5 Å². The Morgan fingerprint density at radius 1 is 1.28 bits per heavy atom. The van der Waals surface area contributed by atoms with Crippen LogP contribution in [0.25, 0.3) is 5.65 Å². The lowest BCUT2D eigenvalue weighted by atomic mass is 10.2. The van der Waals surface area contributed by atoms with Crippen molar-refractivity contribution >= 4 is 11.5 Å². The zero-order valence-corrected chi connectivity index (χ0v) is 14.6. The largest absolute Gasteiger partial charge is 0.296 e. The summed E-state index contributed by atoms with van der Waals surface area (Å²) in [6, 6.07) is 6.00. The number of rotatable bonds is 4. The number of nitrogens with one attached hydrogen (secondary N) is 1. The molecule has 1 fully saturated rings. The summed E-state index contributed by atoms with van der Waals surface area (Å²) in [5.41, 5.74) is 6.31. The molecule has 4 heterocycles. The number of hydrogen-bond acceptors (Lipinski definition) is 7. The lowest BCUT2D eigenvalue weighted by Crippen LogP contribution is -2.45. The second-order valence-electron chi connectivity index (χ2n) is 6.60. The van der Waals surface area contributed by atoms with Gasteiger partial charge in [-0.2, -0.15) is 15.8 Å². The molecule has 8 nitrogen and oxygen atoms in total. The first kappa shape index (κ1) is 16.0. The number of amidine groups is 1. The molecule has 130 valence electrons. The van der Waals surface area contributed by atoms with Crippen LogP contribution in [0, 0.1) is 18.3 Å². The predicted octanol–water partition coefficient (Wildman–Crippen LogP) is 1.07. The molecule has 1 saturated heterocycles. The Morgan fingerprint density at radius 3 is 2.84 bits per heavy atom. The first-order chi connectivity index (χ1) is 12.2. The van der Waals surface area contributed by atoms with E-state index in [0.717, 1.165) is 43.2 Å². The minimum Gasteiger partial charge on any atom is -0.296 e. The molecule has 25 heavy (non-hydrogen) atoms. The summed E-state index contributed by atoms with van der Waals surface area (Å²) in [6.45, 7) is 4.10. The third-order valence-electron chi connectivity index (χ3n) is 4.92. The number of aliphatic imine (C=N–C) groups is 1. The molecule has 8 heteroatoms. The molecule has 0 amide bonds. The van der Waals surface area contributed by atoms with Crippen LogP contribution in [0.15, 0.2) is 17.1 Å². The van der Waals surface area contributed by atoms with E-state index in [1.807, 2.05) is 31.1 Å². The van der Waals surface area contributed by atoms with Crippen LogP contribution in [0.3, 0.4) is 0 Å². The van der Waals surface area contributed by atoms with Crippen molar-refractivity contribution in [3.05, 3.63) is 29.2 Å². The van der Waals surface area contributed by atoms with Crippen LogP contribution >= 0.6 is 0 Å². The van der Waals surface area contributed by atoms with Crippen LogP contribution in [0.1, 0.15) is 36.3 Å². The number of aryl methyl sites for hydroxylation is 2. The minimum absolute atomic E-state index is 0.0759. The maximum absolute atomic E-state index is 9.09. The molecule has 0 saturated carbocycles. The van der Waals surface area contributed by atoms with Crippen molar-refractivity contribution in [2.45, 2.75) is 38.9 Å². The van der Waals surface area contributed by atoms with Crippen molar-refractivity contribution < 1.29 is 0 Å². The number of fused-ring (bicyclic) bond motifs is 1. The summed E-state index contributed by atoms with van der Waals surface area (Å²) in [6.07, 6.45) is 4.21. The maximum Gasteiger partial charge on any atom is 0.174 e. The number of likely N-dealkylation sites (tertiary alicyclic amines) is 1. The maximum atomic E-state index is 9.09. The third-order valence-corrected chi connectivity index (χ3v) is 4.92. The predicted molar refractivity (Wildman–Crippen MR) is 93.7 cm³/mol. The van der Waals surface area contributed by atoms with E-state index in [1.54, 1.807) is 4.52 Å². The summed E-state index contributed by atoms with van der Waals surface area (Å²) in [5.74, 6) is 1.05. The molecule has 2 aromatic rings. The van der Waals surface area contributed by atoms with Gasteiger partial charge in [0.15, 0.2) is 17.6 Å². The van der Waals surface area contributed by atoms with E-state index in [9.17, 15) is 0 Å². The van der Waals surface area contributed by atoms with Crippen LogP contribution in [-0.4, -0.2) is 56.8 Å². The first-order valence-electron chi connectivity index (χ1n) is 8.71. The number of imidazole rings is 1. The Hall–Kier alpha value is -2.50. The normalized spacial score (nSPS) is 21.1. The third kappa shape index (κ3) is 2.97. The lowest BCUT2D eigenvalue weighted by molar-refractivity contribution is 0.171. The van der Waals surface area contributed by atoms with E-state index in [2.05, 4.69) is 26.5 Å². The topological polar surface area (TPSA) is 84.8 Å². The Morgan fingerprint density at radius 2 is 2.08 bits per heavy atom. The molecule has 2 aromatic heterocycles. The Bertz CT molecular complexity index is 855. The second kappa shape index (κ2) is 6.43. The number of nitriles is 1. The summed E-state index contributed by atoms with van der Waals surface area (Å²) in [5, 5.41) is 15.7. The fourth-order valence-corrected chi connectivity index (χ4v) is 3.45. The Kier molecular flexibility index (Phi) is 4.11. The summed E-state index contributed by atoms with van der Waals surface area (Å²) < 4.78 is 1.75. The minimum atomic E-state index is 0.0759. The smallest absolute Gasteiger partial charge is 0.174 e. The molecule has 2 aliphatic heterocycles. The quantitative estimate of drug-likeness (QED) is 0.898. The standard InChI is InChI=1S/C17H22N8/c1-12-14(11-18)19-16-8-6-13(21-25(12)16)5-7-15-20-17(22-23(15)2)24-9-3-4-10-24/h6,8,17,22H,3-5,7,9-10H2,1-2H3. The average molecular weight is 338 g/mol. The van der Waals surface area contributed by atoms with Gasteiger partial charge in [-0.3, -0.25) is 9.91 Å². The second-order valence-corrected chi connectivity index (χ2v) is 6.60. The molecule has 0 aliphatic carbocycles. The van der Waals surface area contributed by atoms with Crippen molar-refractivity contribution in [3.63, 3.8) is 0 Å². The molecule has 0 aromatic carbocycles. The first-order valence-corrected chi connectivity index (χ1v) is 8.71. The highest BCUT2D eigenvalue weighted by Gasteiger charge is 2.28. The molecular weight excluding hydrogens is 316 g/mol. The van der Waals surface area contributed by atoms with Gasteiger partial charge >= 0.3 is 0 Å². The highest BCUT2D eigenvalue weighted by Crippen LogP contribution is 2.17. The fraction of sp³-hybridized carbons (Fsp3) is 0.529. The molecule has 2 aliphatic rings. The monoisotopic (exact) mass is 338 g/mol. The van der Waals surface area contributed by atoms with E-state index >= 15 is 0 Å². The summed E-state index contributed by atoms with van der Waals surface area (Å²) in [4.78, 5) is 11.5. The number of nitrogens with zero attached hydrogens (tertiary/aromatic N) is 7. The summed E-state index contributed by atoms with van der Waals surface area (Å²) in [7, 11) is 2.02. The van der Waals surface area contributed by atoms with Gasteiger partial charge < -0.3 is 0 Å². The highest BCUT2D eigenvalue weighted by atomic mass is 15.6. The van der Waals surface area contributed by atoms with E-state index in [-0.39, 0.29) is 6.29 Å². The van der Waals surface area contributed by atoms with Gasteiger partial charge in [-0.1, -0.05) is 0 Å². The molecule has 0 bridgehead atoms. The van der Waals surface area contributed by atoms with Crippen LogP contribution in [0.4, 0.5) is 0 Å². The molecule has 0 radical (unpaired) electrons. The zero-order valence-electron chi connectivity index (χ0n) is 14.6. The lowest BCUT2D eigenvalue weighted by Gasteiger charge is -2.22. The van der Waals surface area contributed by atoms with Crippen molar-refractivity contribution in [1.29, 1.82) is 5.26 Å². The van der Waals surface area contributed by atoms with Gasteiger partial charge in [-0.15, -0.1) is 0 Å². The average Bonchev–Trinajstić information content (AvgIpc) is 3.33. The number of hydrogen-bond donors (Lipinski definition) is 1. The van der Waals surface area contributed by atoms with Crippen LogP contribution in [0.5, 0.6) is 0 Å². The van der Waals surface area contributed by atoms with E-state index in [4.69, 9.17) is 10.3 Å². The van der Waals surface area contributed by atoms with Crippen LogP contribution in [0.2, 0.25) is 0 Å². The van der Waals surface area contributed by atoms with E-state index in [1.165, 1.54) is 12.8 Å². The van der Waals surface area contributed by atoms with Gasteiger partial charge in [0.2, 0.25) is 0 Å². The van der Waals surface area contributed by atoms with E-state index < -0.39 is 0 Å². The highest BCUT2D eigenvalue weighted by molar-refractivity contribution is 5.83. The fourth-order valence-electron chi connectivity index (χ4n) is 3.45. The molecular formula is C17H22N8. The zero-order chi connectivity index (χ0) is 17.4. The van der Waals surface area contributed by atoms with Crippen molar-refractivity contribution in [1.82, 2.24) is 29.9 Å². The van der Waals surface area contributed by atoms with Gasteiger partial charge in [0.25, 0.3) is 0 Å². The van der Waals surface area contributed by atoms with Crippen molar-refractivity contribution in [2.24, 2.45) is 4.99 Å². The van der Waals surface area contributed by atoms with Crippen LogP contribution < -0.4 is 5.43 Å². The van der Waals surface area contributed by atoms with Gasteiger partial charge in [-0.05, 0) is 38.3 Å². The molecule has 1 atom stereocenters. The van der Waals surface area contributed by atoms with Crippen molar-refractivity contribution in [2.75, 3.05) is 20.1 Å². The molecule has 0 spiro atoms. The Labute approximate surface area is 146 Å². The van der Waals surface area contributed by atoms with Crippen LogP contribution in [-0.2, 0) is 6.42 Å². The Balaban J connectivity index is 1.47.